The monoisotopic (exact) mass is 255 g/mol. The van der Waals surface area contributed by atoms with Gasteiger partial charge < -0.3 is 9.84 Å². The summed E-state index contributed by atoms with van der Waals surface area (Å²) in [5, 5.41) is 8.85. The van der Waals surface area contributed by atoms with Crippen LogP contribution in [-0.2, 0) is 6.61 Å². The summed E-state index contributed by atoms with van der Waals surface area (Å²) in [5.41, 5.74) is -0.0254. The molecule has 2 aromatic rings. The second-order valence-electron chi connectivity index (χ2n) is 3.42. The molecule has 6 heteroatoms. The number of rotatable bonds is 3. The van der Waals surface area contributed by atoms with Gasteiger partial charge in [0.15, 0.2) is 17.4 Å². The lowest BCUT2D eigenvalue weighted by molar-refractivity contribution is 0.272. The van der Waals surface area contributed by atoms with Crippen LogP contribution in [0.15, 0.2) is 30.5 Å². The molecule has 0 atom stereocenters. The second kappa shape index (κ2) is 5.05. The van der Waals surface area contributed by atoms with Crippen LogP contribution in [0.5, 0.6) is 11.6 Å². The van der Waals surface area contributed by atoms with Crippen molar-refractivity contribution in [1.29, 1.82) is 0 Å². The molecule has 1 aromatic heterocycles. The molecule has 18 heavy (non-hydrogen) atoms. The zero-order valence-corrected chi connectivity index (χ0v) is 9.03. The first kappa shape index (κ1) is 12.4. The van der Waals surface area contributed by atoms with E-state index in [1.165, 1.54) is 12.3 Å². The summed E-state index contributed by atoms with van der Waals surface area (Å²) >= 11 is 0. The summed E-state index contributed by atoms with van der Waals surface area (Å²) in [5.74, 6) is -3.45. The lowest BCUT2D eigenvalue weighted by atomic mass is 10.2. The van der Waals surface area contributed by atoms with Crippen LogP contribution >= 0.6 is 0 Å². The van der Waals surface area contributed by atoms with Gasteiger partial charge in [0, 0.05) is 17.8 Å². The lowest BCUT2D eigenvalue weighted by Crippen LogP contribution is -1.98. The molecular formula is C12H8F3NO2. The van der Waals surface area contributed by atoms with Crippen molar-refractivity contribution in [2.24, 2.45) is 0 Å². The van der Waals surface area contributed by atoms with E-state index < -0.39 is 29.9 Å². The van der Waals surface area contributed by atoms with Gasteiger partial charge in [-0.3, -0.25) is 0 Å². The molecule has 0 aliphatic rings. The van der Waals surface area contributed by atoms with E-state index in [2.05, 4.69) is 4.98 Å². The van der Waals surface area contributed by atoms with Crippen molar-refractivity contribution >= 4 is 0 Å². The van der Waals surface area contributed by atoms with Crippen molar-refractivity contribution in [1.82, 2.24) is 4.98 Å². The molecule has 3 nitrogen and oxygen atoms in total. The predicted molar refractivity (Wildman–Crippen MR) is 56.5 cm³/mol. The Morgan fingerprint density at radius 2 is 1.94 bits per heavy atom. The molecule has 1 aromatic carbocycles. The zero-order valence-electron chi connectivity index (χ0n) is 9.03. The molecule has 1 N–H and O–H groups in total. The van der Waals surface area contributed by atoms with E-state index in [1.54, 1.807) is 0 Å². The molecule has 0 saturated heterocycles. The third-order valence-electron chi connectivity index (χ3n) is 2.21. The highest BCUT2D eigenvalue weighted by Gasteiger charge is 2.13. The highest BCUT2D eigenvalue weighted by molar-refractivity contribution is 5.31. The second-order valence-corrected chi connectivity index (χ2v) is 3.42. The SMILES string of the molecule is OCc1ccnc(Oc2ccc(F)cc2F)c1F. The molecule has 0 aliphatic carbocycles. The van der Waals surface area contributed by atoms with Gasteiger partial charge in [-0.15, -0.1) is 0 Å². The van der Waals surface area contributed by atoms with Crippen LogP contribution in [0, 0.1) is 17.5 Å². The maximum atomic E-state index is 13.6. The van der Waals surface area contributed by atoms with Gasteiger partial charge in [0.1, 0.15) is 5.82 Å². The molecular weight excluding hydrogens is 247 g/mol. The van der Waals surface area contributed by atoms with Crippen molar-refractivity contribution in [3.63, 3.8) is 0 Å². The zero-order chi connectivity index (χ0) is 13.1. The highest BCUT2D eigenvalue weighted by Crippen LogP contribution is 2.26. The molecule has 0 bridgehead atoms. The Kier molecular flexibility index (Phi) is 3.47. The Morgan fingerprint density at radius 1 is 1.17 bits per heavy atom. The molecule has 0 amide bonds. The van der Waals surface area contributed by atoms with Gasteiger partial charge in [-0.25, -0.2) is 18.2 Å². The molecule has 1 heterocycles. The van der Waals surface area contributed by atoms with Gasteiger partial charge in [-0.2, -0.15) is 0 Å². The quantitative estimate of drug-likeness (QED) is 0.917. The Morgan fingerprint density at radius 3 is 2.61 bits per heavy atom. The molecule has 94 valence electrons. The average Bonchev–Trinajstić information content (AvgIpc) is 2.35. The molecule has 0 fully saturated rings. The fourth-order valence-corrected chi connectivity index (χ4v) is 1.32. The van der Waals surface area contributed by atoms with Crippen LogP contribution in [0.4, 0.5) is 13.2 Å². The van der Waals surface area contributed by atoms with Crippen LogP contribution in [0.2, 0.25) is 0 Å². The van der Waals surface area contributed by atoms with Crippen molar-refractivity contribution in [2.45, 2.75) is 6.61 Å². The first-order valence-electron chi connectivity index (χ1n) is 4.99. The van der Waals surface area contributed by atoms with Crippen LogP contribution in [0.3, 0.4) is 0 Å². The van der Waals surface area contributed by atoms with Gasteiger partial charge in [0.05, 0.1) is 6.61 Å². The van der Waals surface area contributed by atoms with Gasteiger partial charge in [-0.1, -0.05) is 0 Å². The average molecular weight is 255 g/mol. The van der Waals surface area contributed by atoms with Crippen molar-refractivity contribution in [3.05, 3.63) is 53.5 Å². The standard InChI is InChI=1S/C12H8F3NO2/c13-8-1-2-10(9(14)5-8)18-12-11(15)7(6-17)3-4-16-12/h1-5,17H,6H2. The third kappa shape index (κ3) is 2.43. The number of aliphatic hydroxyl groups excluding tert-OH is 1. The normalized spacial score (nSPS) is 10.4. The van der Waals surface area contributed by atoms with E-state index >= 15 is 0 Å². The van der Waals surface area contributed by atoms with Gasteiger partial charge in [0.2, 0.25) is 0 Å². The lowest BCUT2D eigenvalue weighted by Gasteiger charge is -2.08. The number of benzene rings is 1. The van der Waals surface area contributed by atoms with Gasteiger partial charge >= 0.3 is 0 Å². The van der Waals surface area contributed by atoms with Crippen molar-refractivity contribution in [3.8, 4) is 11.6 Å². The minimum atomic E-state index is -0.967. The van der Waals surface area contributed by atoms with E-state index in [1.807, 2.05) is 0 Å². The smallest absolute Gasteiger partial charge is 0.256 e. The number of aliphatic hydroxyl groups is 1. The number of nitrogens with zero attached hydrogens (tertiary/aromatic N) is 1. The largest absolute Gasteiger partial charge is 0.433 e. The minimum Gasteiger partial charge on any atom is -0.433 e. The maximum Gasteiger partial charge on any atom is 0.256 e. The maximum absolute atomic E-state index is 13.6. The summed E-state index contributed by atoms with van der Waals surface area (Å²) in [7, 11) is 0. The predicted octanol–water partition coefficient (Wildman–Crippen LogP) is 2.78. The fourth-order valence-electron chi connectivity index (χ4n) is 1.32. The number of halogens is 3. The van der Waals surface area contributed by atoms with Crippen LogP contribution in [0.25, 0.3) is 0 Å². The van der Waals surface area contributed by atoms with E-state index in [0.29, 0.717) is 6.07 Å². The fraction of sp³-hybridized carbons (Fsp3) is 0.0833. The van der Waals surface area contributed by atoms with E-state index in [4.69, 9.17) is 9.84 Å². The third-order valence-corrected chi connectivity index (χ3v) is 2.21. The molecule has 2 rings (SSSR count). The number of ether oxygens (including phenoxy) is 1. The van der Waals surface area contributed by atoms with Crippen LogP contribution in [0.1, 0.15) is 5.56 Å². The molecule has 0 spiro atoms. The summed E-state index contributed by atoms with van der Waals surface area (Å²) < 4.78 is 44.5. The topological polar surface area (TPSA) is 42.4 Å². The molecule has 0 saturated carbocycles. The number of hydrogen-bond donors (Lipinski definition) is 1. The Balaban J connectivity index is 2.34. The van der Waals surface area contributed by atoms with Gasteiger partial charge in [-0.05, 0) is 18.2 Å². The summed E-state index contributed by atoms with van der Waals surface area (Å²) in [6, 6.07) is 3.88. The number of hydrogen-bond acceptors (Lipinski definition) is 3. The summed E-state index contributed by atoms with van der Waals surface area (Å²) in [4.78, 5) is 3.58. The Hall–Kier alpha value is -2.08. The van der Waals surface area contributed by atoms with Crippen molar-refractivity contribution < 1.29 is 23.0 Å². The van der Waals surface area contributed by atoms with Crippen molar-refractivity contribution in [2.75, 3.05) is 0 Å². The minimum absolute atomic E-state index is 0.0254. The summed E-state index contributed by atoms with van der Waals surface area (Å²) in [6.07, 6.45) is 1.21. The van der Waals surface area contributed by atoms with Gasteiger partial charge in [0.25, 0.3) is 5.88 Å². The Bertz CT molecular complexity index is 575. The Labute approximate surface area is 100 Å². The number of pyridine rings is 1. The first-order valence-corrected chi connectivity index (χ1v) is 4.99. The van der Waals surface area contributed by atoms with Crippen LogP contribution in [-0.4, -0.2) is 10.1 Å². The first-order chi connectivity index (χ1) is 8.61. The molecule has 0 unspecified atom stereocenters. The number of aromatic nitrogens is 1. The van der Waals surface area contributed by atoms with E-state index in [0.717, 1.165) is 12.1 Å². The van der Waals surface area contributed by atoms with Crippen LogP contribution < -0.4 is 4.74 Å². The molecule has 0 aliphatic heterocycles. The molecule has 0 radical (unpaired) electrons. The summed E-state index contributed by atoms with van der Waals surface area (Å²) in [6.45, 7) is -0.531. The van der Waals surface area contributed by atoms with E-state index in [-0.39, 0.29) is 11.3 Å². The highest BCUT2D eigenvalue weighted by atomic mass is 19.1. The van der Waals surface area contributed by atoms with E-state index in [9.17, 15) is 13.2 Å².